The van der Waals surface area contributed by atoms with Gasteiger partial charge in [0, 0.05) is 6.61 Å². The molecule has 0 radical (unpaired) electrons. The van der Waals surface area contributed by atoms with E-state index in [1.54, 1.807) is 6.20 Å². The number of carboxylic acid groups (broad SMARTS) is 1. The normalized spacial score (nSPS) is 25.7. The number of nitrogens with one attached hydrogen (secondary N) is 1. The minimum absolute atomic E-state index is 0.0733. The van der Waals surface area contributed by atoms with E-state index in [4.69, 9.17) is 9.84 Å². The molecule has 0 saturated carbocycles. The van der Waals surface area contributed by atoms with E-state index in [-0.39, 0.29) is 12.0 Å². The summed E-state index contributed by atoms with van der Waals surface area (Å²) in [5, 5.41) is 8.61. The van der Waals surface area contributed by atoms with Gasteiger partial charge in [0.2, 0.25) is 0 Å². The van der Waals surface area contributed by atoms with Gasteiger partial charge < -0.3 is 14.8 Å². The monoisotopic (exact) mass is 210 g/mol. The highest BCUT2D eigenvalue weighted by molar-refractivity contribution is 5.69. The fourth-order valence-electron chi connectivity index (χ4n) is 1.86. The first-order chi connectivity index (χ1) is 7.10. The molecule has 1 unspecified atom stereocenters. The second-order valence-corrected chi connectivity index (χ2v) is 4.00. The van der Waals surface area contributed by atoms with Gasteiger partial charge in [0.1, 0.15) is 17.8 Å². The molecular weight excluding hydrogens is 196 g/mol. The van der Waals surface area contributed by atoms with Crippen molar-refractivity contribution in [1.82, 2.24) is 9.97 Å². The Morgan fingerprint density at radius 3 is 3.20 bits per heavy atom. The Kier molecular flexibility index (Phi) is 2.48. The number of aliphatic carboxylic acids is 1. The Bertz CT molecular complexity index is 366. The third kappa shape index (κ3) is 2.02. The largest absolute Gasteiger partial charge is 0.481 e. The van der Waals surface area contributed by atoms with Gasteiger partial charge in [-0.05, 0) is 19.8 Å². The van der Waals surface area contributed by atoms with Gasteiger partial charge in [0.15, 0.2) is 0 Å². The molecule has 5 nitrogen and oxygen atoms in total. The summed E-state index contributed by atoms with van der Waals surface area (Å²) in [6.45, 7) is 2.75. The number of carboxylic acids is 1. The standard InChI is InChI=1S/C10H14N2O3/c1-10(3-2-4-15-10)7-6-11-8(12-7)5-9(13)14/h6H,2-5H2,1H3,(H,11,12)(H,13,14). The molecule has 15 heavy (non-hydrogen) atoms. The predicted molar refractivity (Wildman–Crippen MR) is 52.5 cm³/mol. The van der Waals surface area contributed by atoms with Crippen molar-refractivity contribution < 1.29 is 14.6 Å². The molecule has 1 aromatic rings. The number of aromatic nitrogens is 2. The maximum absolute atomic E-state index is 10.5. The van der Waals surface area contributed by atoms with Gasteiger partial charge in [0.25, 0.3) is 0 Å². The fourth-order valence-corrected chi connectivity index (χ4v) is 1.86. The lowest BCUT2D eigenvalue weighted by atomic mass is 10.00. The first kappa shape index (κ1) is 10.2. The third-order valence-electron chi connectivity index (χ3n) is 2.74. The molecule has 1 aliphatic heterocycles. The van der Waals surface area contributed by atoms with Crippen LogP contribution in [0.2, 0.25) is 0 Å². The molecule has 82 valence electrons. The molecule has 0 aliphatic carbocycles. The summed E-state index contributed by atoms with van der Waals surface area (Å²) in [6, 6.07) is 0. The number of rotatable bonds is 3. The Hall–Kier alpha value is -1.36. The Labute approximate surface area is 87.5 Å². The van der Waals surface area contributed by atoms with Crippen LogP contribution in [0.15, 0.2) is 6.20 Å². The van der Waals surface area contributed by atoms with Gasteiger partial charge in [-0.25, -0.2) is 4.98 Å². The zero-order valence-electron chi connectivity index (χ0n) is 8.62. The Morgan fingerprint density at radius 2 is 2.60 bits per heavy atom. The average Bonchev–Trinajstić information content (AvgIpc) is 2.74. The van der Waals surface area contributed by atoms with Crippen LogP contribution in [-0.4, -0.2) is 27.7 Å². The highest BCUT2D eigenvalue weighted by Gasteiger charge is 2.33. The van der Waals surface area contributed by atoms with Crippen LogP contribution < -0.4 is 0 Å². The van der Waals surface area contributed by atoms with Crippen molar-refractivity contribution in [2.24, 2.45) is 0 Å². The molecule has 2 heterocycles. The molecule has 0 bridgehead atoms. The predicted octanol–water partition coefficient (Wildman–Crippen LogP) is 1.06. The van der Waals surface area contributed by atoms with Crippen molar-refractivity contribution in [3.8, 4) is 0 Å². The smallest absolute Gasteiger partial charge is 0.311 e. The van der Waals surface area contributed by atoms with Crippen molar-refractivity contribution in [1.29, 1.82) is 0 Å². The van der Waals surface area contributed by atoms with Crippen molar-refractivity contribution in [3.63, 3.8) is 0 Å². The molecule has 5 heteroatoms. The van der Waals surface area contributed by atoms with Crippen LogP contribution in [-0.2, 0) is 21.6 Å². The van der Waals surface area contributed by atoms with Gasteiger partial charge in [0.05, 0.1) is 11.9 Å². The lowest BCUT2D eigenvalue weighted by Gasteiger charge is -2.20. The van der Waals surface area contributed by atoms with Gasteiger partial charge >= 0.3 is 5.97 Å². The molecule has 0 aromatic carbocycles. The van der Waals surface area contributed by atoms with Crippen molar-refractivity contribution >= 4 is 5.97 Å². The van der Waals surface area contributed by atoms with E-state index < -0.39 is 5.97 Å². The first-order valence-corrected chi connectivity index (χ1v) is 5.00. The van der Waals surface area contributed by atoms with Gasteiger partial charge in [-0.1, -0.05) is 0 Å². The summed E-state index contributed by atoms with van der Waals surface area (Å²) in [4.78, 5) is 17.5. The number of carbonyl (C=O) groups is 1. The number of imidazole rings is 1. The lowest BCUT2D eigenvalue weighted by molar-refractivity contribution is -0.136. The molecule has 1 fully saturated rings. The number of hydrogen-bond acceptors (Lipinski definition) is 3. The topological polar surface area (TPSA) is 75.2 Å². The van der Waals surface area contributed by atoms with E-state index in [1.807, 2.05) is 6.92 Å². The summed E-state index contributed by atoms with van der Waals surface area (Å²) in [7, 11) is 0. The molecule has 1 aromatic heterocycles. The van der Waals surface area contributed by atoms with E-state index in [9.17, 15) is 4.79 Å². The summed E-state index contributed by atoms with van der Waals surface area (Å²) >= 11 is 0. The van der Waals surface area contributed by atoms with Crippen LogP contribution in [0.25, 0.3) is 0 Å². The van der Waals surface area contributed by atoms with E-state index >= 15 is 0 Å². The van der Waals surface area contributed by atoms with Crippen LogP contribution in [0.3, 0.4) is 0 Å². The van der Waals surface area contributed by atoms with E-state index in [1.165, 1.54) is 0 Å². The van der Waals surface area contributed by atoms with Crippen molar-refractivity contribution in [2.75, 3.05) is 6.61 Å². The molecule has 0 amide bonds. The van der Waals surface area contributed by atoms with E-state index in [0.717, 1.165) is 25.1 Å². The second-order valence-electron chi connectivity index (χ2n) is 4.00. The van der Waals surface area contributed by atoms with Crippen LogP contribution in [0.4, 0.5) is 0 Å². The Morgan fingerprint density at radius 1 is 1.80 bits per heavy atom. The van der Waals surface area contributed by atoms with Gasteiger partial charge in [-0.2, -0.15) is 0 Å². The van der Waals surface area contributed by atoms with Crippen LogP contribution in [0.5, 0.6) is 0 Å². The van der Waals surface area contributed by atoms with Crippen molar-refractivity contribution in [3.05, 3.63) is 17.7 Å². The van der Waals surface area contributed by atoms with E-state index in [0.29, 0.717) is 5.82 Å². The SMILES string of the molecule is CC1(c2cnc(CC(=O)O)[nH]2)CCCO1. The number of hydrogen-bond donors (Lipinski definition) is 2. The van der Waals surface area contributed by atoms with Gasteiger partial charge in [-0.15, -0.1) is 0 Å². The number of ether oxygens (including phenoxy) is 1. The highest BCUT2D eigenvalue weighted by Crippen LogP contribution is 2.34. The third-order valence-corrected chi connectivity index (χ3v) is 2.74. The summed E-state index contributed by atoms with van der Waals surface area (Å²) in [5.74, 6) is -0.400. The average molecular weight is 210 g/mol. The summed E-state index contributed by atoms with van der Waals surface area (Å²) in [5.41, 5.74) is 0.556. The second kappa shape index (κ2) is 3.66. The molecule has 2 N–H and O–H groups in total. The highest BCUT2D eigenvalue weighted by atomic mass is 16.5. The molecule has 1 aliphatic rings. The van der Waals surface area contributed by atoms with Crippen LogP contribution >= 0.6 is 0 Å². The maximum Gasteiger partial charge on any atom is 0.311 e. The summed E-state index contributed by atoms with van der Waals surface area (Å²) in [6.07, 6.45) is 3.57. The minimum Gasteiger partial charge on any atom is -0.481 e. The van der Waals surface area contributed by atoms with Crippen LogP contribution in [0, 0.1) is 0 Å². The molecule has 2 rings (SSSR count). The quantitative estimate of drug-likeness (QED) is 0.782. The maximum atomic E-state index is 10.5. The number of nitrogens with zero attached hydrogens (tertiary/aromatic N) is 1. The number of aromatic amines is 1. The summed E-state index contributed by atoms with van der Waals surface area (Å²) < 4.78 is 5.63. The van der Waals surface area contributed by atoms with Gasteiger partial charge in [-0.3, -0.25) is 4.79 Å². The molecule has 1 saturated heterocycles. The molecule has 0 spiro atoms. The lowest BCUT2D eigenvalue weighted by Crippen LogP contribution is -2.20. The van der Waals surface area contributed by atoms with Crippen LogP contribution in [0.1, 0.15) is 31.3 Å². The Balaban J connectivity index is 2.15. The minimum atomic E-state index is -0.881. The zero-order chi connectivity index (χ0) is 10.9. The fraction of sp³-hybridized carbons (Fsp3) is 0.600. The van der Waals surface area contributed by atoms with E-state index in [2.05, 4.69) is 9.97 Å². The zero-order valence-corrected chi connectivity index (χ0v) is 8.62. The first-order valence-electron chi connectivity index (χ1n) is 5.00. The molecule has 1 atom stereocenters. The number of H-pyrrole nitrogens is 1. The van der Waals surface area contributed by atoms with Crippen molar-refractivity contribution in [2.45, 2.75) is 31.8 Å². The molecular formula is C10H14N2O3.